The fraction of sp³-hybridized carbons (Fsp3) is 0.564. The van der Waals surface area contributed by atoms with E-state index in [0.29, 0.717) is 145 Å². The summed E-state index contributed by atoms with van der Waals surface area (Å²) in [6.45, 7) is 14.2. The zero-order valence-corrected chi connectivity index (χ0v) is 52.0. The molecular weight excluding hydrogens is 1310 g/mol. The highest BCUT2D eigenvalue weighted by Crippen LogP contribution is 2.50. The quantitative estimate of drug-likeness (QED) is 0.0736. The minimum Gasteiger partial charge on any atom is -0.486 e. The first-order valence-electron chi connectivity index (χ1n) is 26.5. The molecule has 0 spiro atoms. The molecule has 8 aliphatic rings. The van der Waals surface area contributed by atoms with Crippen LogP contribution in [0.2, 0.25) is 5.28 Å². The van der Waals surface area contributed by atoms with Gasteiger partial charge in [-0.1, -0.05) is 95.1 Å². The fourth-order valence-electron chi connectivity index (χ4n) is 11.5. The van der Waals surface area contributed by atoms with Crippen LogP contribution in [0.25, 0.3) is 28.4 Å². The zero-order valence-electron chi connectivity index (χ0n) is 45.3. The number of aromatic amines is 1. The van der Waals surface area contributed by atoms with Crippen LogP contribution in [0.4, 0.5) is 11.6 Å². The van der Waals surface area contributed by atoms with E-state index < -0.39 is 29.2 Å². The van der Waals surface area contributed by atoms with E-state index in [0.717, 1.165) is 28.4 Å². The number of anilines is 2. The highest BCUT2D eigenvalue weighted by molar-refractivity contribution is 14.2. The summed E-state index contributed by atoms with van der Waals surface area (Å²) in [6.07, 6.45) is 11.1. The van der Waals surface area contributed by atoms with Crippen LogP contribution >= 0.6 is 56.8 Å². The molecule has 0 radical (unpaired) electrons. The third kappa shape index (κ3) is 11.7. The predicted molar refractivity (Wildman–Crippen MR) is 329 cm³/mol. The number of sulfone groups is 2. The van der Waals surface area contributed by atoms with Crippen molar-refractivity contribution in [3.05, 3.63) is 82.5 Å². The number of nitrogens with zero attached hydrogens (tertiary/aromatic N) is 6. The Labute approximate surface area is 502 Å². The van der Waals surface area contributed by atoms with Gasteiger partial charge in [-0.25, -0.2) is 31.8 Å². The number of halogens is 3. The second-order valence-electron chi connectivity index (χ2n) is 21.7. The molecule has 80 heavy (non-hydrogen) atoms. The maximum atomic E-state index is 13.3. The van der Waals surface area contributed by atoms with Crippen LogP contribution in [0.3, 0.4) is 0 Å². The number of aromatic nitrogens is 5. The van der Waals surface area contributed by atoms with Gasteiger partial charge in [-0.3, -0.25) is 0 Å². The first kappa shape index (κ1) is 61.1. The molecule has 0 amide bonds. The van der Waals surface area contributed by atoms with E-state index in [4.69, 9.17) is 59.3 Å². The third-order valence-corrected chi connectivity index (χ3v) is 20.8. The van der Waals surface area contributed by atoms with Crippen molar-refractivity contribution in [2.75, 3.05) is 104 Å². The highest BCUT2D eigenvalue weighted by atomic mass is 127. The van der Waals surface area contributed by atoms with Crippen LogP contribution in [0.1, 0.15) is 83.3 Å². The Kier molecular flexibility index (Phi) is 18.8. The summed E-state index contributed by atoms with van der Waals surface area (Å²) in [5.41, 5.74) is 5.87. The highest BCUT2D eigenvalue weighted by Gasteiger charge is 2.54. The van der Waals surface area contributed by atoms with E-state index in [-0.39, 0.29) is 43.1 Å². The van der Waals surface area contributed by atoms with E-state index in [1.165, 1.54) is 26.1 Å². The van der Waals surface area contributed by atoms with Crippen molar-refractivity contribution in [3.8, 4) is 22.9 Å². The summed E-state index contributed by atoms with van der Waals surface area (Å²) < 4.78 is 97.4. The number of hydrogen-bond donors (Lipinski definition) is 1. The lowest BCUT2D eigenvalue weighted by Gasteiger charge is -2.43. The normalized spacial score (nSPS) is 22.8. The molecule has 2 aromatic carbocycles. The van der Waals surface area contributed by atoms with Crippen molar-refractivity contribution in [2.45, 2.75) is 100 Å². The lowest BCUT2D eigenvalue weighted by Crippen LogP contribution is -2.52. The summed E-state index contributed by atoms with van der Waals surface area (Å²) in [5, 5.41) is 1.01. The summed E-state index contributed by atoms with van der Waals surface area (Å²) in [4.78, 5) is 26.1. The summed E-state index contributed by atoms with van der Waals surface area (Å²) in [6, 6.07) is 14.4. The van der Waals surface area contributed by atoms with Crippen molar-refractivity contribution >= 4 is 118 Å². The molecule has 2 atom stereocenters. The van der Waals surface area contributed by atoms with Crippen LogP contribution in [0.5, 0.6) is 11.5 Å². The Morgan fingerprint density at radius 3 is 1.76 bits per heavy atom. The Morgan fingerprint density at radius 1 is 0.688 bits per heavy atom. The van der Waals surface area contributed by atoms with Crippen LogP contribution in [-0.2, 0) is 63.8 Å². The monoisotopic (exact) mass is 1390 g/mol. The average molecular weight is 1390 g/mol. The number of fused-ring (bicyclic) bond motifs is 8. The van der Waals surface area contributed by atoms with Gasteiger partial charge in [-0.2, -0.15) is 4.98 Å². The minimum absolute atomic E-state index is 0. The van der Waals surface area contributed by atoms with Crippen molar-refractivity contribution in [2.24, 2.45) is 0 Å². The fourth-order valence-corrected chi connectivity index (χ4v) is 14.4. The predicted octanol–water partition coefficient (Wildman–Crippen LogP) is 8.06. The minimum atomic E-state index is -3.53. The molecule has 0 saturated carbocycles. The maximum absolute atomic E-state index is 13.3. The van der Waals surface area contributed by atoms with E-state index in [2.05, 4.69) is 128 Å². The van der Waals surface area contributed by atoms with Gasteiger partial charge in [0.1, 0.15) is 34.1 Å². The van der Waals surface area contributed by atoms with Gasteiger partial charge in [0, 0.05) is 74.7 Å². The molecule has 5 fully saturated rings. The molecule has 19 nitrogen and oxygen atoms in total. The molecule has 434 valence electrons. The molecular formula is C55H71BClI2N7O12S2. The molecule has 3 aromatic heterocycles. The SMILES string of the molecule is C.CC1(C)OB(c2cccc3c2C=CC3)OC1(C)C.CS(=O)(=O)C1(c2nc(-c3cccc4[nH]ccc34)nc3c2OC[C@@H]2COCCN32)CCOCC1.CS(=O)(=O)C1(c2nc(Cl)nc3c2OC[C@@H]2COCCN32)CCOCC1.ICI. The second-order valence-corrected chi connectivity index (χ2v) is 31.2. The average Bonchev–Trinajstić information content (AvgIpc) is 4.20. The summed E-state index contributed by atoms with van der Waals surface area (Å²) in [7, 11) is -7.26. The van der Waals surface area contributed by atoms with Gasteiger partial charge in [-0.05, 0) is 100 Å². The summed E-state index contributed by atoms with van der Waals surface area (Å²) >= 11 is 10.7. The Hall–Kier alpha value is -3.45. The number of morpholine rings is 2. The van der Waals surface area contributed by atoms with Crippen molar-refractivity contribution < 1.29 is 54.6 Å². The molecule has 25 heteroatoms. The molecule has 5 aromatic rings. The number of hydrogen-bond acceptors (Lipinski definition) is 18. The number of nitrogens with one attached hydrogen (secondary N) is 1. The molecule has 10 heterocycles. The molecule has 13 rings (SSSR count). The van der Waals surface area contributed by atoms with E-state index >= 15 is 0 Å². The molecule has 7 aliphatic heterocycles. The number of allylic oxidation sites excluding steroid dienone is 1. The third-order valence-electron chi connectivity index (χ3n) is 16.6. The number of rotatable bonds is 6. The number of H-pyrrole nitrogens is 1. The number of benzene rings is 2. The van der Waals surface area contributed by atoms with E-state index in [1.807, 2.05) is 30.5 Å². The Balaban J connectivity index is 0.000000147. The second kappa shape index (κ2) is 24.6. The topological polar surface area (TPSA) is 216 Å². The Morgan fingerprint density at radius 2 is 1.21 bits per heavy atom. The largest absolute Gasteiger partial charge is 0.495 e. The zero-order chi connectivity index (χ0) is 56.0. The molecule has 1 aliphatic carbocycles. The lowest BCUT2D eigenvalue weighted by molar-refractivity contribution is 0.00578. The van der Waals surface area contributed by atoms with Crippen LogP contribution in [0.15, 0.2) is 54.7 Å². The van der Waals surface area contributed by atoms with Crippen molar-refractivity contribution in [1.29, 1.82) is 0 Å². The van der Waals surface area contributed by atoms with Crippen LogP contribution in [-0.4, -0.2) is 166 Å². The van der Waals surface area contributed by atoms with Gasteiger partial charge < -0.3 is 52.5 Å². The van der Waals surface area contributed by atoms with Crippen LogP contribution in [0, 0.1) is 0 Å². The Bertz CT molecular complexity index is 3290. The van der Waals surface area contributed by atoms with Gasteiger partial charge in [0.2, 0.25) is 5.28 Å². The molecule has 5 saturated heterocycles. The first-order chi connectivity index (χ1) is 37.7. The molecule has 1 N–H and O–H groups in total. The van der Waals surface area contributed by atoms with E-state index in [1.54, 1.807) is 0 Å². The van der Waals surface area contributed by atoms with Gasteiger partial charge in [0.25, 0.3) is 0 Å². The first-order valence-corrected chi connectivity index (χ1v) is 33.8. The standard InChI is InChI=1S/C23H26N4O5S.C15H19BO2.C15H20ClN3O5S.CH2I2.CH4/c1-33(28,29)23(6-10-30-11-7-23)20-19-22(27-9-12-31-13-15(27)14-32-19)26-21(25-20)17-3-2-4-18-16(17)5-8-24-18;1-14(2)15(3,4)18-16(17-14)13-10-6-8-11-7-5-9-12(11)13;1-25(20,21)15(2-5-22-6-3-15)12-11-13(18-14(16)17-12)19-4-7-23-8-10(19)9-24-11;2-1-3;/h2-5,8,15,24H,6-7,9-14H2,1H3;5-6,8-10H,7H2,1-4H3;10H,2-9H2,1H3;1H2;1H4/t15-;;10-;;/m0.0../s1. The molecule has 0 unspecified atom stereocenters. The molecule has 0 bridgehead atoms. The van der Waals surface area contributed by atoms with Gasteiger partial charge in [-0.15, -0.1) is 0 Å². The summed E-state index contributed by atoms with van der Waals surface area (Å²) in [5.74, 6) is 2.61. The van der Waals surface area contributed by atoms with Gasteiger partial charge >= 0.3 is 7.12 Å². The van der Waals surface area contributed by atoms with Gasteiger partial charge in [0.05, 0.1) is 52.1 Å². The van der Waals surface area contributed by atoms with Gasteiger partial charge in [0.15, 0.2) is 48.6 Å². The van der Waals surface area contributed by atoms with Crippen LogP contribution < -0.4 is 24.7 Å². The maximum Gasteiger partial charge on any atom is 0.495 e. The smallest absolute Gasteiger partial charge is 0.486 e. The lowest BCUT2D eigenvalue weighted by atomic mass is 9.75. The number of alkyl halides is 2. The van der Waals surface area contributed by atoms with Crippen molar-refractivity contribution in [3.63, 3.8) is 0 Å². The van der Waals surface area contributed by atoms with Crippen molar-refractivity contribution in [1.82, 2.24) is 24.9 Å². The number of ether oxygens (including phenoxy) is 6. The van der Waals surface area contributed by atoms with E-state index in [9.17, 15) is 16.8 Å².